The van der Waals surface area contributed by atoms with E-state index in [2.05, 4.69) is 227 Å². The van der Waals surface area contributed by atoms with Crippen LogP contribution in [0.15, 0.2) is 212 Å². The molecule has 8 aromatic carbocycles. The van der Waals surface area contributed by atoms with Crippen molar-refractivity contribution in [3.05, 3.63) is 218 Å². The number of para-hydroxylation sites is 3. The highest BCUT2D eigenvalue weighted by Gasteiger charge is 2.37. The van der Waals surface area contributed by atoms with Crippen LogP contribution in [0, 0.1) is 0 Å². The van der Waals surface area contributed by atoms with E-state index in [1.54, 1.807) is 0 Å². The first-order valence-electron chi connectivity index (χ1n) is 20.0. The van der Waals surface area contributed by atoms with Crippen LogP contribution < -0.4 is 9.80 Å². The summed E-state index contributed by atoms with van der Waals surface area (Å²) in [5.74, 6) is 0.331. The first-order valence-corrected chi connectivity index (χ1v) is 20.8. The number of allylic oxidation sites excluding steroid dienone is 2. The summed E-state index contributed by atoms with van der Waals surface area (Å²) in [5.41, 5.74) is 13.2. The van der Waals surface area contributed by atoms with Crippen molar-refractivity contribution in [2.75, 3.05) is 9.80 Å². The molecule has 0 fully saturated rings. The molecule has 0 bridgehead atoms. The third-order valence-electron chi connectivity index (χ3n) is 12.1. The number of hydrogen-bond acceptors (Lipinski definition) is 3. The second-order valence-electron chi connectivity index (χ2n) is 15.3. The maximum absolute atomic E-state index is 2.53. The highest BCUT2D eigenvalue weighted by Crippen LogP contribution is 2.49. The molecule has 4 heteroatoms. The van der Waals surface area contributed by atoms with E-state index in [4.69, 9.17) is 0 Å². The predicted molar refractivity (Wildman–Crippen MR) is 247 cm³/mol. The van der Waals surface area contributed by atoms with Crippen LogP contribution >= 0.6 is 11.3 Å². The summed E-state index contributed by atoms with van der Waals surface area (Å²) in [6.45, 7) is 0. The molecule has 12 rings (SSSR count). The Hall–Kier alpha value is -7.14. The number of benzene rings is 8. The van der Waals surface area contributed by atoms with Gasteiger partial charge in [-0.3, -0.25) is 0 Å². The smallest absolute Gasteiger partial charge is 0.0629 e. The van der Waals surface area contributed by atoms with Crippen molar-refractivity contribution >= 4 is 81.8 Å². The Kier molecular flexibility index (Phi) is 7.54. The number of thiophene rings is 1. The van der Waals surface area contributed by atoms with Gasteiger partial charge in [0.15, 0.2) is 0 Å². The Morgan fingerprint density at radius 1 is 0.466 bits per heavy atom. The molecule has 1 aliphatic heterocycles. The third kappa shape index (κ3) is 5.12. The summed E-state index contributed by atoms with van der Waals surface area (Å²) < 4.78 is 5.07. The summed E-state index contributed by atoms with van der Waals surface area (Å²) >= 11 is 1.88. The van der Waals surface area contributed by atoms with Gasteiger partial charge >= 0.3 is 0 Å². The minimum atomic E-state index is 0.236. The number of rotatable bonds is 6. The van der Waals surface area contributed by atoms with Crippen LogP contribution in [0.25, 0.3) is 58.8 Å². The van der Waals surface area contributed by atoms with Crippen molar-refractivity contribution in [2.45, 2.75) is 12.0 Å². The molecule has 3 heterocycles. The van der Waals surface area contributed by atoms with E-state index in [1.165, 1.54) is 70.0 Å². The minimum absolute atomic E-state index is 0.236. The zero-order chi connectivity index (χ0) is 38.2. The Morgan fingerprint density at radius 3 is 2.00 bits per heavy atom. The van der Waals surface area contributed by atoms with Crippen molar-refractivity contribution in [1.82, 2.24) is 4.57 Å². The van der Waals surface area contributed by atoms with E-state index in [0.29, 0.717) is 5.92 Å². The molecule has 0 spiro atoms. The van der Waals surface area contributed by atoms with Gasteiger partial charge in [0, 0.05) is 71.0 Å². The Bertz CT molecular complexity index is 3250. The number of hydrogen-bond donors (Lipinski definition) is 0. The molecule has 2 aromatic heterocycles. The van der Waals surface area contributed by atoms with Gasteiger partial charge in [-0.15, -0.1) is 11.3 Å². The van der Waals surface area contributed by atoms with Gasteiger partial charge in [-0.05, 0) is 102 Å². The molecule has 2 aliphatic rings. The quantitative estimate of drug-likeness (QED) is 0.167. The van der Waals surface area contributed by atoms with Crippen LogP contribution in [-0.4, -0.2) is 10.6 Å². The molecule has 10 aromatic rings. The maximum Gasteiger partial charge on any atom is 0.0629 e. The fourth-order valence-electron chi connectivity index (χ4n) is 9.52. The SMILES string of the molecule is C1=CC2c3ccccc3N(c3ccc4c(c3)c3cc(N(c5ccccc5)c5ccc(-c6cccc7c6sc6ccccc67)cc5)ccc3n4-c3ccccc3)C2C=C1. The van der Waals surface area contributed by atoms with Crippen molar-refractivity contribution in [2.24, 2.45) is 0 Å². The van der Waals surface area contributed by atoms with Crippen LogP contribution in [0.2, 0.25) is 0 Å². The van der Waals surface area contributed by atoms with Crippen molar-refractivity contribution in [3.8, 4) is 16.8 Å². The lowest BCUT2D eigenvalue weighted by Gasteiger charge is -2.29. The summed E-state index contributed by atoms with van der Waals surface area (Å²) in [7, 11) is 0. The summed E-state index contributed by atoms with van der Waals surface area (Å²) in [4.78, 5) is 4.92. The van der Waals surface area contributed by atoms with Crippen molar-refractivity contribution in [1.29, 1.82) is 0 Å². The standard InChI is InChI=1S/C54H37N3S/c1-3-14-37(15-4-1)55(39-28-26-36(27-29-39)42-21-13-22-46-45-20-9-12-25-53(45)58-54(42)46)40-30-32-51-47(34-40)48-35-41(31-33-52(48)56(51)38-16-5-2-6-17-38)57-49-23-10-7-18-43(49)44-19-8-11-24-50(44)57/h1-35,43,49H. The molecule has 58 heavy (non-hydrogen) atoms. The summed E-state index contributed by atoms with van der Waals surface area (Å²) in [5, 5.41) is 5.09. The first-order chi connectivity index (χ1) is 28.8. The van der Waals surface area contributed by atoms with Crippen LogP contribution in [0.4, 0.5) is 28.4 Å². The highest BCUT2D eigenvalue weighted by molar-refractivity contribution is 7.26. The van der Waals surface area contributed by atoms with Crippen molar-refractivity contribution in [3.63, 3.8) is 0 Å². The number of aromatic nitrogens is 1. The fourth-order valence-corrected chi connectivity index (χ4v) is 10.8. The van der Waals surface area contributed by atoms with E-state index >= 15 is 0 Å². The van der Waals surface area contributed by atoms with Gasteiger partial charge in [0.25, 0.3) is 0 Å². The zero-order valence-corrected chi connectivity index (χ0v) is 32.4. The molecule has 0 saturated heterocycles. The molecule has 2 unspecified atom stereocenters. The lowest BCUT2D eigenvalue weighted by molar-refractivity contribution is 0.745. The maximum atomic E-state index is 2.53. The highest BCUT2D eigenvalue weighted by atomic mass is 32.1. The van der Waals surface area contributed by atoms with E-state index in [1.807, 2.05) is 11.3 Å². The normalized spacial score (nSPS) is 15.8. The second kappa shape index (κ2) is 13.2. The summed E-state index contributed by atoms with van der Waals surface area (Å²) in [6.07, 6.45) is 9.09. The fraction of sp³-hybridized carbons (Fsp3) is 0.0370. The molecule has 3 nitrogen and oxygen atoms in total. The Balaban J connectivity index is 1.02. The average molecular weight is 760 g/mol. The molecule has 0 saturated carbocycles. The molecular formula is C54H37N3S. The molecule has 274 valence electrons. The second-order valence-corrected chi connectivity index (χ2v) is 16.3. The largest absolute Gasteiger partial charge is 0.333 e. The van der Waals surface area contributed by atoms with Gasteiger partial charge < -0.3 is 14.4 Å². The molecule has 0 amide bonds. The predicted octanol–water partition coefficient (Wildman–Crippen LogP) is 15.0. The molecule has 0 radical (unpaired) electrons. The average Bonchev–Trinajstić information content (AvgIpc) is 3.95. The van der Waals surface area contributed by atoms with Gasteiger partial charge in [-0.25, -0.2) is 0 Å². The van der Waals surface area contributed by atoms with Crippen LogP contribution in [0.5, 0.6) is 0 Å². The molecular weight excluding hydrogens is 723 g/mol. The van der Waals surface area contributed by atoms with Gasteiger partial charge in [0.2, 0.25) is 0 Å². The lowest BCUT2D eigenvalue weighted by atomic mass is 9.91. The van der Waals surface area contributed by atoms with Crippen LogP contribution in [-0.2, 0) is 0 Å². The van der Waals surface area contributed by atoms with Gasteiger partial charge in [0.05, 0.1) is 17.1 Å². The first kappa shape index (κ1) is 33.0. The number of anilines is 5. The lowest BCUT2D eigenvalue weighted by Crippen LogP contribution is -2.28. The van der Waals surface area contributed by atoms with Gasteiger partial charge in [-0.2, -0.15) is 0 Å². The van der Waals surface area contributed by atoms with Gasteiger partial charge in [-0.1, -0.05) is 127 Å². The van der Waals surface area contributed by atoms with E-state index in [-0.39, 0.29) is 6.04 Å². The Morgan fingerprint density at radius 2 is 1.14 bits per heavy atom. The summed E-state index contributed by atoms with van der Waals surface area (Å²) in [6, 6.07) is 69.2. The van der Waals surface area contributed by atoms with Gasteiger partial charge in [0.1, 0.15) is 0 Å². The van der Waals surface area contributed by atoms with Crippen LogP contribution in [0.1, 0.15) is 11.5 Å². The minimum Gasteiger partial charge on any atom is -0.333 e. The zero-order valence-electron chi connectivity index (χ0n) is 31.6. The van der Waals surface area contributed by atoms with Crippen LogP contribution in [0.3, 0.4) is 0 Å². The topological polar surface area (TPSA) is 11.4 Å². The van der Waals surface area contributed by atoms with E-state index in [0.717, 1.165) is 22.7 Å². The van der Waals surface area contributed by atoms with E-state index < -0.39 is 0 Å². The Labute approximate surface area is 341 Å². The van der Waals surface area contributed by atoms with E-state index in [9.17, 15) is 0 Å². The number of fused-ring (bicyclic) bond motifs is 9. The number of nitrogens with zero attached hydrogens (tertiary/aromatic N) is 3. The van der Waals surface area contributed by atoms with Crippen molar-refractivity contribution < 1.29 is 0 Å². The third-order valence-corrected chi connectivity index (χ3v) is 13.3. The molecule has 0 N–H and O–H groups in total. The molecule has 1 aliphatic carbocycles. The molecule has 2 atom stereocenters. The monoisotopic (exact) mass is 759 g/mol.